The molecule has 1 heterocycles. The average Bonchev–Trinajstić information content (AvgIpc) is 2.30. The van der Waals surface area contributed by atoms with E-state index in [0.29, 0.717) is 0 Å². The molecule has 2 nitrogen and oxygen atoms in total. The summed E-state index contributed by atoms with van der Waals surface area (Å²) in [6.45, 7) is 4.14. The van der Waals surface area contributed by atoms with Crippen LogP contribution in [-0.4, -0.2) is 11.2 Å². The number of para-hydroxylation sites is 1. The third kappa shape index (κ3) is 3.51. The Balaban J connectivity index is 0.00000144. The summed E-state index contributed by atoms with van der Waals surface area (Å²) in [6.07, 6.45) is 3.57. The first kappa shape index (κ1) is 13.6. The second-order valence-corrected chi connectivity index (χ2v) is 3.75. The Morgan fingerprint density at radius 3 is 2.29 bits per heavy atom. The molecule has 2 rings (SSSR count). The van der Waals surface area contributed by atoms with Gasteiger partial charge in [0, 0.05) is 23.0 Å². The molecule has 0 unspecified atom stereocenters. The molecule has 0 aliphatic heterocycles. The number of aromatic nitrogens is 1. The fourth-order valence-electron chi connectivity index (χ4n) is 1.59. The summed E-state index contributed by atoms with van der Waals surface area (Å²) in [4.78, 5) is 8.69. The Kier molecular flexibility index (Phi) is 5.06. The molecule has 1 radical (unpaired) electrons. The predicted molar refractivity (Wildman–Crippen MR) is 67.4 cm³/mol. The van der Waals surface area contributed by atoms with Gasteiger partial charge in [0.2, 0.25) is 0 Å². The number of aliphatic imine (C=N–C) groups is 1. The summed E-state index contributed by atoms with van der Waals surface area (Å²) in [7, 11) is 0. The van der Waals surface area contributed by atoms with E-state index in [4.69, 9.17) is 0 Å². The van der Waals surface area contributed by atoms with E-state index in [9.17, 15) is 0 Å². The molecule has 0 spiro atoms. The number of pyridine rings is 1. The Morgan fingerprint density at radius 1 is 1.00 bits per heavy atom. The van der Waals surface area contributed by atoms with Crippen LogP contribution in [0.5, 0.6) is 0 Å². The average molecular weight is 269 g/mol. The van der Waals surface area contributed by atoms with Gasteiger partial charge in [0.05, 0.1) is 17.6 Å². The number of benzene rings is 1. The molecule has 17 heavy (non-hydrogen) atoms. The minimum absolute atomic E-state index is 0. The summed E-state index contributed by atoms with van der Waals surface area (Å²) in [5, 5.41) is 0. The van der Waals surface area contributed by atoms with Crippen LogP contribution in [-0.2, 0) is 16.8 Å². The molecule has 0 N–H and O–H groups in total. The molecule has 3 heteroatoms. The molecule has 1 aromatic carbocycles. The van der Waals surface area contributed by atoms with Crippen molar-refractivity contribution in [2.45, 2.75) is 13.8 Å². The first-order valence-electron chi connectivity index (χ1n) is 5.28. The van der Waals surface area contributed by atoms with Gasteiger partial charge < -0.3 is 0 Å². The molecule has 0 saturated heterocycles. The molecule has 2 aromatic rings. The molecule has 0 bridgehead atoms. The molecule has 0 fully saturated rings. The minimum atomic E-state index is 0. The Labute approximate surface area is 112 Å². The van der Waals surface area contributed by atoms with Gasteiger partial charge in [-0.3, -0.25) is 9.98 Å². The topological polar surface area (TPSA) is 25.2 Å². The van der Waals surface area contributed by atoms with Crippen LogP contribution in [0.3, 0.4) is 0 Å². The summed E-state index contributed by atoms with van der Waals surface area (Å²) in [5.41, 5.74) is 4.29. The van der Waals surface area contributed by atoms with Crippen molar-refractivity contribution in [1.29, 1.82) is 0 Å². The van der Waals surface area contributed by atoms with Gasteiger partial charge in [-0.2, -0.15) is 0 Å². The van der Waals surface area contributed by atoms with E-state index in [2.05, 4.69) is 36.0 Å². The summed E-state index contributed by atoms with van der Waals surface area (Å²) in [6, 6.07) is 12.0. The molecular weight excluding hydrogens is 255 g/mol. The fraction of sp³-hybridized carbons (Fsp3) is 0.143. The van der Waals surface area contributed by atoms with Crippen LogP contribution in [0.15, 0.2) is 47.6 Å². The smallest absolute Gasteiger partial charge is 0.0812 e. The Bertz CT molecular complexity index is 487. The summed E-state index contributed by atoms with van der Waals surface area (Å²) >= 11 is 0. The van der Waals surface area contributed by atoms with E-state index in [0.717, 1.165) is 11.4 Å². The second-order valence-electron chi connectivity index (χ2n) is 3.75. The molecule has 0 saturated carbocycles. The molecular formula is C14H14CoN2. The third-order valence-corrected chi connectivity index (χ3v) is 2.45. The van der Waals surface area contributed by atoms with Crippen molar-refractivity contribution in [2.24, 2.45) is 4.99 Å². The quantitative estimate of drug-likeness (QED) is 0.766. The van der Waals surface area contributed by atoms with Gasteiger partial charge >= 0.3 is 0 Å². The first-order chi connectivity index (χ1) is 7.77. The van der Waals surface area contributed by atoms with E-state index < -0.39 is 0 Å². The van der Waals surface area contributed by atoms with Gasteiger partial charge in [-0.05, 0) is 37.1 Å². The van der Waals surface area contributed by atoms with Crippen molar-refractivity contribution in [3.63, 3.8) is 0 Å². The van der Waals surface area contributed by atoms with Gasteiger partial charge in [-0.1, -0.05) is 24.3 Å². The second kappa shape index (κ2) is 6.32. The standard InChI is InChI=1S/C14H14N2.Co/c1-11-6-5-7-12(2)14(11)16-10-13-8-3-4-9-15-13;/h3-10H,1-2H3;. The van der Waals surface area contributed by atoms with E-state index in [1.54, 1.807) is 12.4 Å². The van der Waals surface area contributed by atoms with Gasteiger partial charge in [0.15, 0.2) is 0 Å². The molecule has 1 aromatic heterocycles. The summed E-state index contributed by atoms with van der Waals surface area (Å²) < 4.78 is 0. The van der Waals surface area contributed by atoms with E-state index >= 15 is 0 Å². The Hall–Kier alpha value is -1.45. The van der Waals surface area contributed by atoms with Crippen LogP contribution in [0.2, 0.25) is 0 Å². The molecule has 89 valence electrons. The van der Waals surface area contributed by atoms with Crippen LogP contribution in [0.1, 0.15) is 16.8 Å². The van der Waals surface area contributed by atoms with Crippen molar-refractivity contribution in [2.75, 3.05) is 0 Å². The number of nitrogens with zero attached hydrogens (tertiary/aromatic N) is 2. The van der Waals surface area contributed by atoms with Crippen LogP contribution in [0, 0.1) is 13.8 Å². The van der Waals surface area contributed by atoms with E-state index in [1.807, 2.05) is 24.3 Å². The SMILES string of the molecule is Cc1cccc(C)c1N=Cc1ccccn1.[Co]. The van der Waals surface area contributed by atoms with Gasteiger partial charge in [0.1, 0.15) is 0 Å². The van der Waals surface area contributed by atoms with Gasteiger partial charge in [-0.15, -0.1) is 0 Å². The largest absolute Gasteiger partial charge is 0.255 e. The molecule has 0 amide bonds. The fourth-order valence-corrected chi connectivity index (χ4v) is 1.59. The van der Waals surface area contributed by atoms with Gasteiger partial charge in [0.25, 0.3) is 0 Å². The van der Waals surface area contributed by atoms with Crippen molar-refractivity contribution >= 4 is 11.9 Å². The zero-order valence-electron chi connectivity index (χ0n) is 9.85. The number of hydrogen-bond donors (Lipinski definition) is 0. The number of aryl methyl sites for hydroxylation is 2. The zero-order valence-corrected chi connectivity index (χ0v) is 10.9. The van der Waals surface area contributed by atoms with E-state index in [-0.39, 0.29) is 16.8 Å². The maximum Gasteiger partial charge on any atom is 0.0812 e. The van der Waals surface area contributed by atoms with Crippen LogP contribution in [0.25, 0.3) is 0 Å². The molecule has 0 aliphatic carbocycles. The van der Waals surface area contributed by atoms with Crippen molar-refractivity contribution in [3.8, 4) is 0 Å². The normalized spacial score (nSPS) is 10.2. The number of rotatable bonds is 2. The predicted octanol–water partition coefficient (Wildman–Crippen LogP) is 3.45. The third-order valence-electron chi connectivity index (χ3n) is 2.45. The number of hydrogen-bond acceptors (Lipinski definition) is 2. The minimum Gasteiger partial charge on any atom is -0.255 e. The van der Waals surface area contributed by atoms with Gasteiger partial charge in [-0.25, -0.2) is 0 Å². The molecule has 0 atom stereocenters. The first-order valence-corrected chi connectivity index (χ1v) is 5.28. The maximum atomic E-state index is 4.49. The maximum absolute atomic E-state index is 4.49. The Morgan fingerprint density at radius 2 is 1.71 bits per heavy atom. The van der Waals surface area contributed by atoms with Crippen LogP contribution in [0.4, 0.5) is 5.69 Å². The monoisotopic (exact) mass is 269 g/mol. The van der Waals surface area contributed by atoms with Crippen molar-refractivity contribution < 1.29 is 16.8 Å². The van der Waals surface area contributed by atoms with Crippen molar-refractivity contribution in [1.82, 2.24) is 4.98 Å². The molecule has 0 aliphatic rings. The zero-order chi connectivity index (χ0) is 11.4. The van der Waals surface area contributed by atoms with E-state index in [1.165, 1.54) is 11.1 Å². The van der Waals surface area contributed by atoms with Crippen molar-refractivity contribution in [3.05, 3.63) is 59.4 Å². The van der Waals surface area contributed by atoms with Crippen LogP contribution < -0.4 is 0 Å². The van der Waals surface area contributed by atoms with Crippen LogP contribution >= 0.6 is 0 Å². The summed E-state index contributed by atoms with van der Waals surface area (Å²) in [5.74, 6) is 0.